The number of nitrogens with one attached hydrogen (secondary N) is 2. The Morgan fingerprint density at radius 1 is 1.42 bits per heavy atom. The van der Waals surface area contributed by atoms with Gasteiger partial charge in [0.25, 0.3) is 5.91 Å². The number of para-hydroxylation sites is 1. The summed E-state index contributed by atoms with van der Waals surface area (Å²) in [7, 11) is 1.78. The Bertz CT molecular complexity index is 728. The predicted molar refractivity (Wildman–Crippen MR) is 68.3 cm³/mol. The van der Waals surface area contributed by atoms with Crippen molar-refractivity contribution in [2.45, 2.75) is 6.54 Å². The lowest BCUT2D eigenvalue weighted by Crippen LogP contribution is -2.23. The molecular weight excluding hydrogens is 244 g/mol. The summed E-state index contributed by atoms with van der Waals surface area (Å²) in [6.45, 7) is 0.327. The Kier molecular flexibility index (Phi) is 2.71. The molecule has 0 spiro atoms. The molecule has 0 aliphatic rings. The van der Waals surface area contributed by atoms with Crippen LogP contribution in [-0.2, 0) is 13.6 Å². The van der Waals surface area contributed by atoms with Crippen LogP contribution in [0.3, 0.4) is 0 Å². The van der Waals surface area contributed by atoms with Crippen molar-refractivity contribution in [2.24, 2.45) is 7.05 Å². The Balaban J connectivity index is 1.77. The summed E-state index contributed by atoms with van der Waals surface area (Å²) >= 11 is 0. The van der Waals surface area contributed by atoms with E-state index in [1.165, 1.54) is 0 Å². The molecule has 0 unspecified atom stereocenters. The second-order valence-electron chi connectivity index (χ2n) is 4.18. The maximum atomic E-state index is 12.1. The fourth-order valence-electron chi connectivity index (χ4n) is 1.87. The number of nitrogens with zero attached hydrogens (tertiary/aromatic N) is 4. The number of benzene rings is 1. The molecule has 0 aliphatic carbocycles. The van der Waals surface area contributed by atoms with Gasteiger partial charge in [-0.2, -0.15) is 5.10 Å². The van der Waals surface area contributed by atoms with Crippen molar-refractivity contribution in [2.75, 3.05) is 0 Å². The largest absolute Gasteiger partial charge is 0.345 e. The van der Waals surface area contributed by atoms with Crippen molar-refractivity contribution in [1.82, 2.24) is 30.5 Å². The van der Waals surface area contributed by atoms with Gasteiger partial charge in [0.2, 0.25) is 0 Å². The van der Waals surface area contributed by atoms with Gasteiger partial charge in [0, 0.05) is 18.6 Å². The van der Waals surface area contributed by atoms with Crippen molar-refractivity contribution >= 4 is 16.8 Å². The summed E-state index contributed by atoms with van der Waals surface area (Å²) in [6.07, 6.45) is 1.75. The fourth-order valence-corrected chi connectivity index (χ4v) is 1.87. The number of carbonyl (C=O) groups is 1. The lowest BCUT2D eigenvalue weighted by atomic mass is 10.2. The van der Waals surface area contributed by atoms with Gasteiger partial charge in [0.05, 0.1) is 12.1 Å². The summed E-state index contributed by atoms with van der Waals surface area (Å²) in [5, 5.41) is 18.1. The average Bonchev–Trinajstić information content (AvgIpc) is 3.02. The van der Waals surface area contributed by atoms with Gasteiger partial charge in [-0.15, -0.1) is 5.10 Å². The van der Waals surface area contributed by atoms with E-state index < -0.39 is 0 Å². The molecule has 3 rings (SSSR count). The second kappa shape index (κ2) is 4.52. The van der Waals surface area contributed by atoms with Crippen molar-refractivity contribution in [3.05, 3.63) is 41.9 Å². The number of hydrogen-bond donors (Lipinski definition) is 2. The van der Waals surface area contributed by atoms with E-state index in [1.54, 1.807) is 17.9 Å². The van der Waals surface area contributed by atoms with E-state index in [1.807, 2.05) is 24.3 Å². The molecule has 0 fully saturated rings. The molecule has 2 heterocycles. The van der Waals surface area contributed by atoms with Gasteiger partial charge in [0.15, 0.2) is 5.69 Å². The van der Waals surface area contributed by atoms with Gasteiger partial charge in [0.1, 0.15) is 5.69 Å². The highest BCUT2D eigenvalue weighted by Crippen LogP contribution is 2.14. The molecular formula is C12H12N6O. The summed E-state index contributed by atoms with van der Waals surface area (Å²) in [5.74, 6) is -0.233. The third-order valence-corrected chi connectivity index (χ3v) is 2.77. The highest BCUT2D eigenvalue weighted by Gasteiger charge is 2.13. The molecule has 3 aromatic rings. The Hall–Kier alpha value is -2.70. The van der Waals surface area contributed by atoms with Crippen LogP contribution in [0.25, 0.3) is 10.9 Å². The van der Waals surface area contributed by atoms with E-state index >= 15 is 0 Å². The zero-order chi connectivity index (χ0) is 13.2. The third kappa shape index (κ3) is 2.17. The minimum absolute atomic E-state index is 0.233. The van der Waals surface area contributed by atoms with Crippen LogP contribution in [0.5, 0.6) is 0 Å². The van der Waals surface area contributed by atoms with Crippen LogP contribution >= 0.6 is 0 Å². The molecule has 0 radical (unpaired) electrons. The lowest BCUT2D eigenvalue weighted by Gasteiger charge is -2.00. The molecule has 2 aromatic heterocycles. The molecule has 0 saturated carbocycles. The molecule has 0 atom stereocenters. The number of carbonyl (C=O) groups excluding carboxylic acids is 1. The van der Waals surface area contributed by atoms with Gasteiger partial charge in [-0.05, 0) is 6.07 Å². The zero-order valence-corrected chi connectivity index (χ0v) is 10.3. The first-order chi connectivity index (χ1) is 9.24. The number of H-pyrrole nitrogens is 1. The van der Waals surface area contributed by atoms with Crippen molar-refractivity contribution in [1.29, 1.82) is 0 Å². The number of aromatic amines is 1. The van der Waals surface area contributed by atoms with Gasteiger partial charge >= 0.3 is 0 Å². The van der Waals surface area contributed by atoms with Crippen LogP contribution in [0.15, 0.2) is 30.5 Å². The van der Waals surface area contributed by atoms with Gasteiger partial charge in [-0.25, -0.2) is 0 Å². The smallest absolute Gasteiger partial charge is 0.272 e. The highest BCUT2D eigenvalue weighted by molar-refractivity contribution is 6.04. The summed E-state index contributed by atoms with van der Waals surface area (Å²) in [4.78, 5) is 12.1. The molecule has 1 amide bonds. The molecule has 7 nitrogen and oxygen atoms in total. The maximum Gasteiger partial charge on any atom is 0.272 e. The summed E-state index contributed by atoms with van der Waals surface area (Å²) < 4.78 is 1.59. The van der Waals surface area contributed by atoms with E-state index in [-0.39, 0.29) is 5.91 Å². The molecule has 96 valence electrons. The fraction of sp³-hybridized carbons (Fsp3) is 0.167. The monoisotopic (exact) mass is 256 g/mol. The Morgan fingerprint density at radius 3 is 3.05 bits per heavy atom. The van der Waals surface area contributed by atoms with Crippen LogP contribution in [0.2, 0.25) is 0 Å². The SMILES string of the molecule is Cn1cc(CNC(=O)c2n[nH]c3ccccc23)nn1. The van der Waals surface area contributed by atoms with Gasteiger partial charge < -0.3 is 5.32 Å². The molecule has 19 heavy (non-hydrogen) atoms. The van der Waals surface area contributed by atoms with Crippen LogP contribution in [0, 0.1) is 0 Å². The first-order valence-electron chi connectivity index (χ1n) is 5.80. The Morgan fingerprint density at radius 2 is 2.26 bits per heavy atom. The van der Waals surface area contributed by atoms with E-state index in [4.69, 9.17) is 0 Å². The van der Waals surface area contributed by atoms with Crippen LogP contribution in [-0.4, -0.2) is 31.1 Å². The maximum absolute atomic E-state index is 12.1. The van der Waals surface area contributed by atoms with Crippen molar-refractivity contribution < 1.29 is 4.79 Å². The third-order valence-electron chi connectivity index (χ3n) is 2.77. The number of rotatable bonds is 3. The molecule has 1 aromatic carbocycles. The predicted octanol–water partition coefficient (Wildman–Crippen LogP) is 0.621. The van der Waals surface area contributed by atoms with Gasteiger partial charge in [-0.3, -0.25) is 14.6 Å². The van der Waals surface area contributed by atoms with E-state index in [2.05, 4.69) is 25.8 Å². The topological polar surface area (TPSA) is 88.5 Å². The standard InChI is InChI=1S/C12H12N6O/c1-18-7-8(14-17-18)6-13-12(19)11-9-4-2-3-5-10(9)15-16-11/h2-5,7H,6H2,1H3,(H,13,19)(H,15,16). The van der Waals surface area contributed by atoms with Crippen molar-refractivity contribution in [3.8, 4) is 0 Å². The van der Waals surface area contributed by atoms with Crippen LogP contribution in [0.1, 0.15) is 16.2 Å². The zero-order valence-electron chi connectivity index (χ0n) is 10.3. The molecule has 0 bridgehead atoms. The number of aromatic nitrogens is 5. The molecule has 2 N–H and O–H groups in total. The highest BCUT2D eigenvalue weighted by atomic mass is 16.1. The van der Waals surface area contributed by atoms with E-state index in [0.717, 1.165) is 10.9 Å². The second-order valence-corrected chi connectivity index (χ2v) is 4.18. The van der Waals surface area contributed by atoms with E-state index in [9.17, 15) is 4.79 Å². The number of hydrogen-bond acceptors (Lipinski definition) is 4. The minimum atomic E-state index is -0.233. The number of fused-ring (bicyclic) bond motifs is 1. The molecule has 0 saturated heterocycles. The van der Waals surface area contributed by atoms with Crippen molar-refractivity contribution in [3.63, 3.8) is 0 Å². The normalized spacial score (nSPS) is 10.8. The quantitative estimate of drug-likeness (QED) is 0.719. The molecule has 0 aliphatic heterocycles. The number of aryl methyl sites for hydroxylation is 1. The first kappa shape index (κ1) is 11.4. The molecule has 7 heteroatoms. The lowest BCUT2D eigenvalue weighted by molar-refractivity contribution is 0.0947. The Labute approximate surface area is 108 Å². The minimum Gasteiger partial charge on any atom is -0.345 e. The summed E-state index contributed by atoms with van der Waals surface area (Å²) in [6, 6.07) is 7.50. The van der Waals surface area contributed by atoms with Crippen LogP contribution in [0.4, 0.5) is 0 Å². The van der Waals surface area contributed by atoms with Gasteiger partial charge in [-0.1, -0.05) is 23.4 Å². The average molecular weight is 256 g/mol. The number of amides is 1. The summed E-state index contributed by atoms with van der Waals surface area (Å²) in [5.41, 5.74) is 1.93. The van der Waals surface area contributed by atoms with Crippen LogP contribution < -0.4 is 5.32 Å². The first-order valence-corrected chi connectivity index (χ1v) is 5.80. The van der Waals surface area contributed by atoms with E-state index in [0.29, 0.717) is 17.9 Å².